The highest BCUT2D eigenvalue weighted by Crippen LogP contribution is 2.28. The molecule has 26 heavy (non-hydrogen) atoms. The van der Waals surface area contributed by atoms with Gasteiger partial charge >= 0.3 is 6.09 Å². The summed E-state index contributed by atoms with van der Waals surface area (Å²) in [6.45, 7) is 0.135. The third-order valence-corrected chi connectivity index (χ3v) is 4.17. The van der Waals surface area contributed by atoms with E-state index in [1.165, 1.54) is 19.2 Å². The van der Waals surface area contributed by atoms with Crippen LogP contribution in [0.2, 0.25) is 0 Å². The van der Waals surface area contributed by atoms with Gasteiger partial charge in [0.25, 0.3) is 0 Å². The molecule has 0 aliphatic carbocycles. The number of methoxy groups -OCH3 is 1. The number of hydrogen-bond donors (Lipinski definition) is 2. The minimum Gasteiger partial charge on any atom is -0.494 e. The van der Waals surface area contributed by atoms with Crippen molar-refractivity contribution in [3.63, 3.8) is 0 Å². The second-order valence-electron chi connectivity index (χ2n) is 5.96. The van der Waals surface area contributed by atoms with Gasteiger partial charge in [-0.2, -0.15) is 0 Å². The Morgan fingerprint density at radius 1 is 1.27 bits per heavy atom. The fourth-order valence-corrected chi connectivity index (χ4v) is 2.89. The maximum absolute atomic E-state index is 13.6. The number of nitrogens with one attached hydrogen (secondary N) is 2. The summed E-state index contributed by atoms with van der Waals surface area (Å²) in [6, 6.07) is 12.6. The summed E-state index contributed by atoms with van der Waals surface area (Å²) in [5.74, 6) is -0.618. The number of rotatable bonds is 5. The van der Waals surface area contributed by atoms with Crippen molar-refractivity contribution >= 4 is 12.0 Å². The molecule has 0 saturated carbocycles. The minimum absolute atomic E-state index is 0.0778. The Labute approximate surface area is 150 Å². The first-order valence-electron chi connectivity index (χ1n) is 8.17. The Morgan fingerprint density at radius 2 is 2.04 bits per heavy atom. The molecule has 1 fully saturated rings. The van der Waals surface area contributed by atoms with Gasteiger partial charge < -0.3 is 20.1 Å². The molecule has 1 saturated heterocycles. The summed E-state index contributed by atoms with van der Waals surface area (Å²) in [5.41, 5.74) is 1.51. The van der Waals surface area contributed by atoms with Crippen LogP contribution in [0.15, 0.2) is 48.5 Å². The van der Waals surface area contributed by atoms with Crippen LogP contribution in [0.5, 0.6) is 5.75 Å². The predicted octanol–water partition coefficient (Wildman–Crippen LogP) is 2.69. The van der Waals surface area contributed by atoms with Crippen LogP contribution in [-0.2, 0) is 16.1 Å². The molecule has 1 aliphatic rings. The third-order valence-electron chi connectivity index (χ3n) is 4.17. The van der Waals surface area contributed by atoms with Gasteiger partial charge in [-0.1, -0.05) is 36.4 Å². The lowest BCUT2D eigenvalue weighted by Gasteiger charge is -2.21. The number of ether oxygens (including phenoxy) is 2. The molecule has 0 aromatic heterocycles. The van der Waals surface area contributed by atoms with Crippen LogP contribution in [-0.4, -0.2) is 25.2 Å². The van der Waals surface area contributed by atoms with Crippen molar-refractivity contribution in [2.45, 2.75) is 25.1 Å². The Bertz CT molecular complexity index is 797. The third kappa shape index (κ3) is 4.11. The zero-order valence-corrected chi connectivity index (χ0v) is 14.2. The molecule has 6 nitrogen and oxygen atoms in total. The van der Waals surface area contributed by atoms with Crippen molar-refractivity contribution in [2.75, 3.05) is 7.11 Å². The second kappa shape index (κ2) is 7.86. The molecule has 2 aromatic carbocycles. The van der Waals surface area contributed by atoms with E-state index in [0.29, 0.717) is 5.56 Å². The van der Waals surface area contributed by atoms with Crippen molar-refractivity contribution in [2.24, 2.45) is 0 Å². The molecule has 3 rings (SSSR count). The second-order valence-corrected chi connectivity index (χ2v) is 5.96. The summed E-state index contributed by atoms with van der Waals surface area (Å²) in [5, 5.41) is 5.48. The lowest BCUT2D eigenvalue weighted by Crippen LogP contribution is -2.38. The van der Waals surface area contributed by atoms with E-state index in [-0.39, 0.29) is 24.7 Å². The average molecular weight is 358 g/mol. The SMILES string of the molecule is COc1cc(C2NC(=O)C[C@@H]2NC(=O)OCc2ccccc2)ccc1F. The largest absolute Gasteiger partial charge is 0.494 e. The van der Waals surface area contributed by atoms with Gasteiger partial charge in [-0.15, -0.1) is 0 Å². The maximum atomic E-state index is 13.6. The van der Waals surface area contributed by atoms with E-state index in [2.05, 4.69) is 10.6 Å². The van der Waals surface area contributed by atoms with Gasteiger partial charge in [-0.25, -0.2) is 9.18 Å². The molecule has 2 aromatic rings. The Morgan fingerprint density at radius 3 is 2.77 bits per heavy atom. The van der Waals surface area contributed by atoms with Gasteiger partial charge in [-0.05, 0) is 23.3 Å². The Kier molecular flexibility index (Phi) is 5.36. The highest BCUT2D eigenvalue weighted by atomic mass is 19.1. The van der Waals surface area contributed by atoms with Crippen LogP contribution >= 0.6 is 0 Å². The lowest BCUT2D eigenvalue weighted by atomic mass is 10.0. The molecule has 0 bridgehead atoms. The zero-order chi connectivity index (χ0) is 18.5. The summed E-state index contributed by atoms with van der Waals surface area (Å²) in [4.78, 5) is 23.9. The number of carbonyl (C=O) groups is 2. The quantitative estimate of drug-likeness (QED) is 0.862. The minimum atomic E-state index is -0.616. The number of benzene rings is 2. The van der Waals surface area contributed by atoms with Gasteiger partial charge in [0.2, 0.25) is 5.91 Å². The average Bonchev–Trinajstić information content (AvgIpc) is 3.01. The smallest absolute Gasteiger partial charge is 0.407 e. The number of amides is 2. The summed E-state index contributed by atoms with van der Waals surface area (Å²) < 4.78 is 23.8. The van der Waals surface area contributed by atoms with Crippen molar-refractivity contribution < 1.29 is 23.5 Å². The van der Waals surface area contributed by atoms with Crippen LogP contribution in [0.1, 0.15) is 23.6 Å². The molecule has 0 radical (unpaired) electrons. The summed E-state index contributed by atoms with van der Waals surface area (Å²) >= 11 is 0. The van der Waals surface area contributed by atoms with Crippen molar-refractivity contribution in [3.05, 3.63) is 65.5 Å². The zero-order valence-electron chi connectivity index (χ0n) is 14.2. The summed E-state index contributed by atoms with van der Waals surface area (Å²) in [6.07, 6.45) is -0.500. The first-order chi connectivity index (χ1) is 12.6. The molecular weight excluding hydrogens is 339 g/mol. The van der Waals surface area contributed by atoms with Gasteiger partial charge in [0.1, 0.15) is 6.61 Å². The fraction of sp³-hybridized carbons (Fsp3) is 0.263. The number of carbonyl (C=O) groups excluding carboxylic acids is 2. The van der Waals surface area contributed by atoms with E-state index in [9.17, 15) is 14.0 Å². The van der Waals surface area contributed by atoms with Gasteiger partial charge in [0, 0.05) is 6.42 Å². The Balaban J connectivity index is 1.66. The molecule has 136 valence electrons. The molecule has 1 unspecified atom stereocenters. The number of hydrogen-bond acceptors (Lipinski definition) is 4. The molecule has 0 spiro atoms. The van der Waals surface area contributed by atoms with E-state index in [0.717, 1.165) is 5.56 Å². The van der Waals surface area contributed by atoms with E-state index in [4.69, 9.17) is 9.47 Å². The molecular formula is C19H19FN2O4. The van der Waals surface area contributed by atoms with Crippen LogP contribution in [0.25, 0.3) is 0 Å². The van der Waals surface area contributed by atoms with Crippen LogP contribution < -0.4 is 15.4 Å². The van der Waals surface area contributed by atoms with Crippen LogP contribution in [0.4, 0.5) is 9.18 Å². The molecule has 1 aliphatic heterocycles. The molecule has 2 N–H and O–H groups in total. The first-order valence-corrected chi connectivity index (χ1v) is 8.17. The predicted molar refractivity (Wildman–Crippen MR) is 92.0 cm³/mol. The topological polar surface area (TPSA) is 76.7 Å². The van der Waals surface area contributed by atoms with E-state index < -0.39 is 24.0 Å². The monoisotopic (exact) mass is 358 g/mol. The molecule has 2 atom stereocenters. The number of halogens is 1. The van der Waals surface area contributed by atoms with Gasteiger partial charge in [-0.3, -0.25) is 4.79 Å². The number of alkyl carbamates (subject to hydrolysis) is 1. The molecule has 2 amide bonds. The van der Waals surface area contributed by atoms with Crippen molar-refractivity contribution in [1.29, 1.82) is 0 Å². The van der Waals surface area contributed by atoms with E-state index >= 15 is 0 Å². The highest BCUT2D eigenvalue weighted by molar-refractivity contribution is 5.81. The first kappa shape index (κ1) is 17.7. The molecule has 1 heterocycles. The highest BCUT2D eigenvalue weighted by Gasteiger charge is 2.35. The Hall–Kier alpha value is -3.09. The van der Waals surface area contributed by atoms with Gasteiger partial charge in [0.15, 0.2) is 11.6 Å². The van der Waals surface area contributed by atoms with Crippen molar-refractivity contribution in [3.8, 4) is 5.75 Å². The fourth-order valence-electron chi connectivity index (χ4n) is 2.89. The van der Waals surface area contributed by atoms with Gasteiger partial charge in [0.05, 0.1) is 19.2 Å². The lowest BCUT2D eigenvalue weighted by molar-refractivity contribution is -0.119. The molecule has 7 heteroatoms. The standard InChI is InChI=1S/C19H19FN2O4/c1-25-16-9-13(7-8-14(16)20)18-15(10-17(23)22-18)21-19(24)26-11-12-5-3-2-4-6-12/h2-9,15,18H,10-11H2,1H3,(H,21,24)(H,22,23)/t15-,18?/m0/s1. The van der Waals surface area contributed by atoms with Crippen LogP contribution in [0, 0.1) is 5.82 Å². The van der Waals surface area contributed by atoms with E-state index in [1.54, 1.807) is 6.07 Å². The maximum Gasteiger partial charge on any atom is 0.407 e. The normalized spacial score (nSPS) is 18.9. The van der Waals surface area contributed by atoms with E-state index in [1.807, 2.05) is 30.3 Å². The van der Waals surface area contributed by atoms with Crippen LogP contribution in [0.3, 0.4) is 0 Å². The summed E-state index contributed by atoms with van der Waals surface area (Å²) in [7, 11) is 1.37. The van der Waals surface area contributed by atoms with Crippen molar-refractivity contribution in [1.82, 2.24) is 10.6 Å².